The molecule has 0 unspecified atom stereocenters. The van der Waals surface area contributed by atoms with Gasteiger partial charge in [-0.2, -0.15) is 5.26 Å². The third-order valence-corrected chi connectivity index (χ3v) is 3.99. The summed E-state index contributed by atoms with van der Waals surface area (Å²) in [6, 6.07) is 17.1. The zero-order chi connectivity index (χ0) is 18.2. The predicted octanol–water partition coefficient (Wildman–Crippen LogP) is 4.52. The largest absolute Gasteiger partial charge is 0.372 e. The van der Waals surface area contributed by atoms with E-state index in [0.29, 0.717) is 23.8 Å². The van der Waals surface area contributed by atoms with Gasteiger partial charge in [-0.05, 0) is 37.1 Å². The molecule has 2 rings (SSSR count). The molecule has 4 nitrogen and oxygen atoms in total. The molecule has 0 aromatic heterocycles. The lowest BCUT2D eigenvalue weighted by Crippen LogP contribution is -2.21. The number of aryl methyl sites for hydroxylation is 1. The van der Waals surface area contributed by atoms with Crippen LogP contribution >= 0.6 is 11.6 Å². The summed E-state index contributed by atoms with van der Waals surface area (Å²) < 4.78 is 0. The van der Waals surface area contributed by atoms with E-state index in [0.717, 1.165) is 11.1 Å². The second kappa shape index (κ2) is 8.91. The van der Waals surface area contributed by atoms with Gasteiger partial charge in [0.15, 0.2) is 0 Å². The van der Waals surface area contributed by atoms with Crippen molar-refractivity contribution in [1.29, 1.82) is 5.26 Å². The summed E-state index contributed by atoms with van der Waals surface area (Å²) >= 11 is 5.97. The molecule has 0 aliphatic rings. The summed E-state index contributed by atoms with van der Waals surface area (Å²) in [5.74, 6) is -0.445. The van der Waals surface area contributed by atoms with Crippen molar-refractivity contribution in [3.05, 3.63) is 76.5 Å². The first-order valence-corrected chi connectivity index (χ1v) is 8.38. The number of benzene rings is 2. The van der Waals surface area contributed by atoms with Crippen LogP contribution in [0.25, 0.3) is 0 Å². The van der Waals surface area contributed by atoms with Crippen LogP contribution < -0.4 is 5.32 Å². The molecule has 0 saturated carbocycles. The summed E-state index contributed by atoms with van der Waals surface area (Å²) in [4.78, 5) is 14.4. The van der Waals surface area contributed by atoms with Crippen molar-refractivity contribution in [2.24, 2.45) is 0 Å². The minimum atomic E-state index is -0.445. The molecule has 25 heavy (non-hydrogen) atoms. The van der Waals surface area contributed by atoms with E-state index in [2.05, 4.69) is 5.32 Å². The van der Waals surface area contributed by atoms with E-state index in [-0.39, 0.29) is 5.57 Å². The van der Waals surface area contributed by atoms with Crippen molar-refractivity contribution >= 4 is 23.2 Å². The van der Waals surface area contributed by atoms with Gasteiger partial charge in [0.1, 0.15) is 11.6 Å². The number of carbonyl (C=O) groups is 1. The fourth-order valence-electron chi connectivity index (χ4n) is 2.31. The van der Waals surface area contributed by atoms with Gasteiger partial charge in [-0.25, -0.2) is 0 Å². The summed E-state index contributed by atoms with van der Waals surface area (Å²) in [5.41, 5.74) is 2.65. The second-order valence-corrected chi connectivity index (χ2v) is 6.05. The number of amides is 1. The first-order chi connectivity index (χ1) is 12.0. The average Bonchev–Trinajstić information content (AvgIpc) is 2.62. The summed E-state index contributed by atoms with van der Waals surface area (Å²) in [5, 5.41) is 12.7. The van der Waals surface area contributed by atoms with Gasteiger partial charge in [0.05, 0.1) is 0 Å². The number of hydrogen-bond donors (Lipinski definition) is 1. The molecule has 5 heteroatoms. The molecule has 1 N–H and O–H groups in total. The van der Waals surface area contributed by atoms with Crippen molar-refractivity contribution in [3.8, 4) is 6.07 Å². The molecule has 128 valence electrons. The molecule has 0 atom stereocenters. The van der Waals surface area contributed by atoms with Crippen LogP contribution in [0.15, 0.2) is 60.3 Å². The molecule has 2 aromatic carbocycles. The van der Waals surface area contributed by atoms with Gasteiger partial charge in [-0.15, -0.1) is 0 Å². The molecule has 0 heterocycles. The Kier molecular flexibility index (Phi) is 6.62. The standard InChI is InChI=1S/C20H20ClN3O/c1-3-24(13-16-7-5-4-6-8-16)14-17(12-22)20(25)23-19-11-18(21)10-9-15(19)2/h4-11,14H,3,13H2,1-2H3,(H,23,25)/b17-14-. The van der Waals surface area contributed by atoms with Crippen LogP contribution in [0, 0.1) is 18.3 Å². The number of nitriles is 1. The topological polar surface area (TPSA) is 56.1 Å². The van der Waals surface area contributed by atoms with Gasteiger partial charge in [0.25, 0.3) is 5.91 Å². The Bertz CT molecular complexity index is 809. The van der Waals surface area contributed by atoms with Crippen LogP contribution in [-0.4, -0.2) is 17.4 Å². The molecule has 0 bridgehead atoms. The Morgan fingerprint density at radius 2 is 2.00 bits per heavy atom. The average molecular weight is 354 g/mol. The van der Waals surface area contributed by atoms with Gasteiger partial charge in [0, 0.05) is 30.0 Å². The number of nitrogens with zero attached hydrogens (tertiary/aromatic N) is 2. The van der Waals surface area contributed by atoms with E-state index in [4.69, 9.17) is 11.6 Å². The quantitative estimate of drug-likeness (QED) is 0.613. The molecule has 1 amide bonds. The first kappa shape index (κ1) is 18.6. The zero-order valence-corrected chi connectivity index (χ0v) is 15.0. The Labute approximate surface area is 153 Å². The van der Waals surface area contributed by atoms with E-state index >= 15 is 0 Å². The van der Waals surface area contributed by atoms with E-state index in [9.17, 15) is 10.1 Å². The molecular weight excluding hydrogens is 334 g/mol. The third-order valence-electron chi connectivity index (χ3n) is 3.76. The Hall–Kier alpha value is -2.77. The normalized spacial score (nSPS) is 10.9. The molecule has 0 radical (unpaired) electrons. The van der Waals surface area contributed by atoms with Crippen LogP contribution in [0.5, 0.6) is 0 Å². The molecule has 0 saturated heterocycles. The number of hydrogen-bond acceptors (Lipinski definition) is 3. The molecular formula is C20H20ClN3O. The molecule has 2 aromatic rings. The molecule has 0 fully saturated rings. The summed E-state index contributed by atoms with van der Waals surface area (Å²) in [6.45, 7) is 5.17. The number of anilines is 1. The molecule has 0 aliphatic carbocycles. The molecule has 0 spiro atoms. The SMILES string of the molecule is CCN(/C=C(/C#N)C(=O)Nc1cc(Cl)ccc1C)Cc1ccccc1. The maximum atomic E-state index is 12.4. The van der Waals surface area contributed by atoms with Crippen molar-refractivity contribution in [2.45, 2.75) is 20.4 Å². The van der Waals surface area contributed by atoms with Crippen molar-refractivity contribution < 1.29 is 4.79 Å². The fourth-order valence-corrected chi connectivity index (χ4v) is 2.48. The highest BCUT2D eigenvalue weighted by atomic mass is 35.5. The monoisotopic (exact) mass is 353 g/mol. The summed E-state index contributed by atoms with van der Waals surface area (Å²) in [6.07, 6.45) is 1.60. The van der Waals surface area contributed by atoms with E-state index in [1.807, 2.05) is 61.2 Å². The molecule has 0 aliphatic heterocycles. The minimum Gasteiger partial charge on any atom is -0.372 e. The zero-order valence-electron chi connectivity index (χ0n) is 14.3. The van der Waals surface area contributed by atoms with Gasteiger partial charge in [-0.1, -0.05) is 48.0 Å². The van der Waals surface area contributed by atoms with Gasteiger partial charge in [-0.3, -0.25) is 4.79 Å². The number of halogens is 1. The van der Waals surface area contributed by atoms with Crippen LogP contribution in [0.2, 0.25) is 5.02 Å². The van der Waals surface area contributed by atoms with Crippen molar-refractivity contribution in [3.63, 3.8) is 0 Å². The Morgan fingerprint density at radius 1 is 1.28 bits per heavy atom. The maximum Gasteiger partial charge on any atom is 0.267 e. The lowest BCUT2D eigenvalue weighted by atomic mass is 10.2. The maximum absolute atomic E-state index is 12.4. The fraction of sp³-hybridized carbons (Fsp3) is 0.200. The highest BCUT2D eigenvalue weighted by Gasteiger charge is 2.13. The predicted molar refractivity (Wildman–Crippen MR) is 101 cm³/mol. The Morgan fingerprint density at radius 3 is 2.64 bits per heavy atom. The lowest BCUT2D eigenvalue weighted by molar-refractivity contribution is -0.112. The van der Waals surface area contributed by atoms with Crippen LogP contribution in [0.3, 0.4) is 0 Å². The third kappa shape index (κ3) is 5.37. The number of rotatable bonds is 6. The van der Waals surface area contributed by atoms with E-state index in [1.54, 1.807) is 18.3 Å². The van der Waals surface area contributed by atoms with E-state index in [1.165, 1.54) is 0 Å². The smallest absolute Gasteiger partial charge is 0.267 e. The number of carbonyl (C=O) groups excluding carboxylic acids is 1. The van der Waals surface area contributed by atoms with Gasteiger partial charge < -0.3 is 10.2 Å². The number of nitrogens with one attached hydrogen (secondary N) is 1. The van der Waals surface area contributed by atoms with Gasteiger partial charge in [0.2, 0.25) is 0 Å². The van der Waals surface area contributed by atoms with Crippen molar-refractivity contribution in [2.75, 3.05) is 11.9 Å². The second-order valence-electron chi connectivity index (χ2n) is 5.62. The lowest BCUT2D eigenvalue weighted by Gasteiger charge is -2.19. The minimum absolute atomic E-state index is 0.0529. The Balaban J connectivity index is 2.15. The van der Waals surface area contributed by atoms with Crippen LogP contribution in [-0.2, 0) is 11.3 Å². The van der Waals surface area contributed by atoms with Crippen molar-refractivity contribution in [1.82, 2.24) is 4.90 Å². The first-order valence-electron chi connectivity index (χ1n) is 8.01. The summed E-state index contributed by atoms with van der Waals surface area (Å²) in [7, 11) is 0. The highest BCUT2D eigenvalue weighted by molar-refractivity contribution is 6.31. The van der Waals surface area contributed by atoms with E-state index < -0.39 is 5.91 Å². The van der Waals surface area contributed by atoms with Crippen LogP contribution in [0.1, 0.15) is 18.1 Å². The highest BCUT2D eigenvalue weighted by Crippen LogP contribution is 2.20. The van der Waals surface area contributed by atoms with Crippen LogP contribution in [0.4, 0.5) is 5.69 Å². The van der Waals surface area contributed by atoms with Gasteiger partial charge >= 0.3 is 0 Å².